The molecule has 0 bridgehead atoms. The first-order chi connectivity index (χ1) is 16.6. The van der Waals surface area contributed by atoms with Crippen LogP contribution in [0.4, 0.5) is 10.1 Å². The molecule has 2 aliphatic heterocycles. The number of benzene rings is 2. The van der Waals surface area contributed by atoms with Gasteiger partial charge in [-0.2, -0.15) is 0 Å². The van der Waals surface area contributed by atoms with Crippen LogP contribution in [-0.4, -0.2) is 58.9 Å². The smallest absolute Gasteiger partial charge is 0.128 e. The molecule has 0 saturated carbocycles. The molecule has 0 aliphatic carbocycles. The van der Waals surface area contributed by atoms with Gasteiger partial charge in [0.15, 0.2) is 0 Å². The average molecular weight is 482 g/mol. The summed E-state index contributed by atoms with van der Waals surface area (Å²) in [5.74, 6) is -0.123. The molecule has 3 aromatic rings. The van der Waals surface area contributed by atoms with Gasteiger partial charge in [0.05, 0.1) is 12.1 Å². The van der Waals surface area contributed by atoms with Gasteiger partial charge >= 0.3 is 0 Å². The van der Waals surface area contributed by atoms with Crippen LogP contribution in [0, 0.1) is 5.82 Å². The van der Waals surface area contributed by atoms with E-state index in [1.54, 1.807) is 25.8 Å². The Bertz CT molecular complexity index is 1070. The largest absolute Gasteiger partial charge is 0.377 e. The third kappa shape index (κ3) is 4.99. The van der Waals surface area contributed by atoms with Crippen molar-refractivity contribution in [2.45, 2.75) is 48.5 Å². The van der Waals surface area contributed by atoms with Gasteiger partial charge in [0.2, 0.25) is 0 Å². The van der Waals surface area contributed by atoms with E-state index in [0.717, 1.165) is 30.8 Å². The standard InChI is InChI=1S/C26H32FN5OS/c1-18-25(34-26(14-28-18)19-6-4-3-5-7-19)12-20-8-9-21(13-22(20)27)31-11-10-23(24(15-31)33-2)32-16-29-30-17-32/h3-9,13,16-18,23-26,28H,10-12,14-15H2,1-2H3/t18-,23-,24+,25?,26-/m0/s1. The van der Waals surface area contributed by atoms with Gasteiger partial charge < -0.3 is 19.5 Å². The van der Waals surface area contributed by atoms with Crippen LogP contribution < -0.4 is 10.2 Å². The molecule has 34 heavy (non-hydrogen) atoms. The van der Waals surface area contributed by atoms with Gasteiger partial charge in [-0.3, -0.25) is 0 Å². The first-order valence-corrected chi connectivity index (χ1v) is 12.9. The highest BCUT2D eigenvalue weighted by Gasteiger charge is 2.32. The van der Waals surface area contributed by atoms with Crippen LogP contribution >= 0.6 is 11.8 Å². The predicted molar refractivity (Wildman–Crippen MR) is 135 cm³/mol. The number of anilines is 1. The van der Waals surface area contributed by atoms with Gasteiger partial charge in [-0.05, 0) is 43.0 Å². The molecule has 1 N–H and O–H groups in total. The minimum absolute atomic E-state index is 0.00651. The Balaban J connectivity index is 1.26. The van der Waals surface area contributed by atoms with E-state index in [0.29, 0.717) is 29.5 Å². The fraction of sp³-hybridized carbons (Fsp3) is 0.462. The maximum Gasteiger partial charge on any atom is 0.128 e. The molecule has 1 unspecified atom stereocenters. The molecule has 5 atom stereocenters. The molecule has 6 nitrogen and oxygen atoms in total. The molecule has 0 spiro atoms. The molecule has 0 amide bonds. The first kappa shape index (κ1) is 23.3. The van der Waals surface area contributed by atoms with Crippen LogP contribution in [0.25, 0.3) is 0 Å². The average Bonchev–Trinajstić information content (AvgIpc) is 3.41. The molecule has 1 aromatic heterocycles. The summed E-state index contributed by atoms with van der Waals surface area (Å²) in [5.41, 5.74) is 3.02. The second kappa shape index (κ2) is 10.5. The summed E-state index contributed by atoms with van der Waals surface area (Å²) >= 11 is 1.96. The molecule has 8 heteroatoms. The Labute approximate surface area is 204 Å². The van der Waals surface area contributed by atoms with E-state index in [2.05, 4.69) is 57.7 Å². The van der Waals surface area contributed by atoms with Crippen molar-refractivity contribution in [3.8, 4) is 0 Å². The second-order valence-corrected chi connectivity index (χ2v) is 10.7. The molecule has 5 rings (SSSR count). The topological polar surface area (TPSA) is 55.2 Å². The van der Waals surface area contributed by atoms with E-state index in [-0.39, 0.29) is 18.0 Å². The number of nitrogens with zero attached hydrogens (tertiary/aromatic N) is 4. The Hall–Kier alpha value is -2.42. The van der Waals surface area contributed by atoms with Gasteiger partial charge in [0.1, 0.15) is 18.5 Å². The van der Waals surface area contributed by atoms with Crippen LogP contribution in [0.2, 0.25) is 0 Å². The third-order valence-electron chi connectivity index (χ3n) is 7.16. The summed E-state index contributed by atoms with van der Waals surface area (Å²) in [7, 11) is 1.73. The highest BCUT2D eigenvalue weighted by Crippen LogP contribution is 2.38. The van der Waals surface area contributed by atoms with Crippen molar-refractivity contribution in [2.24, 2.45) is 0 Å². The SMILES string of the molecule is CO[C@@H]1CN(c2ccc(CC3S[C@H](c4ccccc4)CN[C@H]3C)c(F)c2)CC[C@@H]1n1cnnc1. The Morgan fingerprint density at radius 1 is 1.15 bits per heavy atom. The van der Waals surface area contributed by atoms with Crippen molar-refractivity contribution in [1.82, 2.24) is 20.1 Å². The quantitative estimate of drug-likeness (QED) is 0.568. The van der Waals surface area contributed by atoms with Gasteiger partial charge in [-0.25, -0.2) is 4.39 Å². The maximum atomic E-state index is 15.3. The monoisotopic (exact) mass is 481 g/mol. The zero-order valence-corrected chi connectivity index (χ0v) is 20.5. The number of hydrogen-bond donors (Lipinski definition) is 1. The summed E-state index contributed by atoms with van der Waals surface area (Å²) in [5, 5.41) is 12.2. The highest BCUT2D eigenvalue weighted by molar-refractivity contribution is 8.00. The zero-order valence-electron chi connectivity index (χ0n) is 19.7. The number of hydrogen-bond acceptors (Lipinski definition) is 6. The number of methoxy groups -OCH3 is 1. The third-order valence-corrected chi connectivity index (χ3v) is 8.85. The number of halogens is 1. The number of piperidine rings is 1. The minimum atomic E-state index is -0.123. The minimum Gasteiger partial charge on any atom is -0.377 e. The normalized spacial score (nSPS) is 27.6. The lowest BCUT2D eigenvalue weighted by molar-refractivity contribution is 0.0472. The van der Waals surface area contributed by atoms with Crippen molar-refractivity contribution >= 4 is 17.4 Å². The summed E-state index contributed by atoms with van der Waals surface area (Å²) in [4.78, 5) is 2.22. The molecule has 3 heterocycles. The molecule has 2 saturated heterocycles. The molecule has 0 radical (unpaired) electrons. The van der Waals surface area contributed by atoms with Crippen molar-refractivity contribution in [3.05, 3.63) is 78.1 Å². The first-order valence-electron chi connectivity index (χ1n) is 12.0. The van der Waals surface area contributed by atoms with Crippen LogP contribution in [-0.2, 0) is 11.2 Å². The number of thioether (sulfide) groups is 1. The van der Waals surface area contributed by atoms with Gasteiger partial charge in [0.25, 0.3) is 0 Å². The van der Waals surface area contributed by atoms with E-state index in [4.69, 9.17) is 4.74 Å². The number of nitrogens with one attached hydrogen (secondary N) is 1. The van der Waals surface area contributed by atoms with Crippen LogP contribution in [0.1, 0.15) is 35.8 Å². The number of rotatable bonds is 6. The predicted octanol–water partition coefficient (Wildman–Crippen LogP) is 4.26. The van der Waals surface area contributed by atoms with E-state index < -0.39 is 0 Å². The van der Waals surface area contributed by atoms with Gasteiger partial charge in [-0.1, -0.05) is 36.4 Å². The summed E-state index contributed by atoms with van der Waals surface area (Å²) < 4.78 is 23.1. The van der Waals surface area contributed by atoms with E-state index in [9.17, 15) is 0 Å². The highest BCUT2D eigenvalue weighted by atomic mass is 32.2. The maximum absolute atomic E-state index is 15.3. The van der Waals surface area contributed by atoms with Crippen molar-refractivity contribution in [1.29, 1.82) is 0 Å². The summed E-state index contributed by atoms with van der Waals surface area (Å²) in [6.45, 7) is 4.69. The number of aromatic nitrogens is 3. The van der Waals surface area contributed by atoms with E-state index in [1.807, 2.05) is 28.5 Å². The van der Waals surface area contributed by atoms with E-state index in [1.165, 1.54) is 5.56 Å². The van der Waals surface area contributed by atoms with Crippen LogP contribution in [0.3, 0.4) is 0 Å². The second-order valence-electron chi connectivity index (χ2n) is 9.24. The molecule has 180 valence electrons. The molecular formula is C26H32FN5OS. The fourth-order valence-electron chi connectivity index (χ4n) is 5.10. The fourth-order valence-corrected chi connectivity index (χ4v) is 6.63. The Morgan fingerprint density at radius 2 is 1.94 bits per heavy atom. The van der Waals surface area contributed by atoms with Gasteiger partial charge in [-0.15, -0.1) is 22.0 Å². The molecule has 2 aliphatic rings. The van der Waals surface area contributed by atoms with Crippen molar-refractivity contribution < 1.29 is 9.13 Å². The lowest BCUT2D eigenvalue weighted by atomic mass is 9.99. The van der Waals surface area contributed by atoms with Crippen LogP contribution in [0.15, 0.2) is 61.2 Å². The molecule has 2 aromatic carbocycles. The van der Waals surface area contributed by atoms with Gasteiger partial charge in [0, 0.05) is 49.0 Å². The Kier molecular flexibility index (Phi) is 7.18. The lowest BCUT2D eigenvalue weighted by Gasteiger charge is -2.39. The lowest BCUT2D eigenvalue weighted by Crippen LogP contribution is -2.45. The summed E-state index contributed by atoms with van der Waals surface area (Å²) in [6, 6.07) is 16.8. The summed E-state index contributed by atoms with van der Waals surface area (Å²) in [6.07, 6.45) is 5.07. The van der Waals surface area contributed by atoms with Crippen LogP contribution in [0.5, 0.6) is 0 Å². The van der Waals surface area contributed by atoms with Crippen molar-refractivity contribution in [2.75, 3.05) is 31.6 Å². The molecule has 2 fully saturated rings. The number of ether oxygens (including phenoxy) is 1. The molecular weight excluding hydrogens is 449 g/mol. The van der Waals surface area contributed by atoms with E-state index >= 15 is 4.39 Å². The Morgan fingerprint density at radius 3 is 2.68 bits per heavy atom. The zero-order chi connectivity index (χ0) is 23.5. The van der Waals surface area contributed by atoms with Crippen molar-refractivity contribution in [3.63, 3.8) is 0 Å².